The fourth-order valence-electron chi connectivity index (χ4n) is 8.97. The summed E-state index contributed by atoms with van der Waals surface area (Å²) in [6.45, 7) is 9.55. The molecule has 0 N–H and O–H groups in total. The van der Waals surface area contributed by atoms with Crippen molar-refractivity contribution in [3.05, 3.63) is 53.1 Å². The average molecular weight is 573 g/mol. The van der Waals surface area contributed by atoms with Gasteiger partial charge >= 0.3 is 0 Å². The Bertz CT molecular complexity index is 1220. The number of methoxy groups -OCH3 is 2. The van der Waals surface area contributed by atoms with Crippen molar-refractivity contribution >= 4 is 9.84 Å². The van der Waals surface area contributed by atoms with E-state index >= 15 is 0 Å². The summed E-state index contributed by atoms with van der Waals surface area (Å²) in [5.41, 5.74) is 4.04. The molecule has 0 heterocycles. The normalized spacial score (nSPS) is 36.2. The summed E-state index contributed by atoms with van der Waals surface area (Å²) in [6.07, 6.45) is 11.0. The molecule has 1 unspecified atom stereocenters. The summed E-state index contributed by atoms with van der Waals surface area (Å²) in [5.74, 6) is 1.59. The molecule has 1 aromatic carbocycles. The molecule has 8 atom stereocenters. The molecule has 5 rings (SSSR count). The van der Waals surface area contributed by atoms with E-state index in [1.165, 1.54) is 5.57 Å². The SMILES string of the molecule is COCO[C@@H]1CC2=CC=C3[C@@H]4CC[C@H](C(C)CS(=O)(=O)c5ccc(C)cc5)[C@@]4(C)CC[C@@H]3[C@@]2(C)[C@@H](OCOC)C1. The number of hydrogen-bond donors (Lipinski definition) is 0. The number of allylic oxidation sites excluding steroid dienone is 3. The lowest BCUT2D eigenvalue weighted by molar-refractivity contribution is -0.163. The average Bonchev–Trinajstić information content (AvgIpc) is 3.28. The first-order chi connectivity index (χ1) is 19.0. The fraction of sp³-hybridized carbons (Fsp3) is 0.697. The van der Waals surface area contributed by atoms with Crippen LogP contribution in [0.4, 0.5) is 0 Å². The lowest BCUT2D eigenvalue weighted by Crippen LogP contribution is -2.53. The number of benzene rings is 1. The van der Waals surface area contributed by atoms with Gasteiger partial charge in [0, 0.05) is 26.1 Å². The van der Waals surface area contributed by atoms with E-state index in [4.69, 9.17) is 18.9 Å². The van der Waals surface area contributed by atoms with Gasteiger partial charge in [0.15, 0.2) is 9.84 Å². The maximum Gasteiger partial charge on any atom is 0.178 e. The number of hydrogen-bond acceptors (Lipinski definition) is 6. The summed E-state index contributed by atoms with van der Waals surface area (Å²) in [4.78, 5) is 0.445. The highest BCUT2D eigenvalue weighted by molar-refractivity contribution is 7.91. The van der Waals surface area contributed by atoms with Crippen LogP contribution in [0.1, 0.15) is 64.9 Å². The van der Waals surface area contributed by atoms with Gasteiger partial charge in [0.05, 0.1) is 22.9 Å². The molecule has 3 fully saturated rings. The van der Waals surface area contributed by atoms with Crippen molar-refractivity contribution in [2.24, 2.45) is 34.5 Å². The van der Waals surface area contributed by atoms with E-state index in [0.717, 1.165) is 44.1 Å². The highest BCUT2D eigenvalue weighted by Crippen LogP contribution is 2.66. The largest absolute Gasteiger partial charge is 0.359 e. The Balaban J connectivity index is 1.38. The van der Waals surface area contributed by atoms with E-state index in [1.54, 1.807) is 31.9 Å². The van der Waals surface area contributed by atoms with Crippen LogP contribution in [0.25, 0.3) is 0 Å². The van der Waals surface area contributed by atoms with Gasteiger partial charge in [0.25, 0.3) is 0 Å². The van der Waals surface area contributed by atoms with Crippen molar-refractivity contribution in [2.75, 3.05) is 33.6 Å². The first-order valence-electron chi connectivity index (χ1n) is 15.0. The molecule has 0 amide bonds. The Kier molecular flexibility index (Phi) is 8.72. The highest BCUT2D eigenvalue weighted by atomic mass is 32.2. The van der Waals surface area contributed by atoms with E-state index in [9.17, 15) is 8.42 Å². The van der Waals surface area contributed by atoms with Crippen LogP contribution in [0.5, 0.6) is 0 Å². The quantitative estimate of drug-likeness (QED) is 0.299. The third-order valence-corrected chi connectivity index (χ3v) is 13.0. The van der Waals surface area contributed by atoms with Gasteiger partial charge in [0.1, 0.15) is 13.6 Å². The maximum absolute atomic E-state index is 13.4. The Morgan fingerprint density at radius 1 is 0.950 bits per heavy atom. The molecular formula is C33H48O6S. The molecule has 0 bridgehead atoms. The number of aryl methyl sites for hydroxylation is 1. The molecule has 4 aliphatic carbocycles. The van der Waals surface area contributed by atoms with Crippen LogP contribution in [-0.4, -0.2) is 54.2 Å². The van der Waals surface area contributed by atoms with Crippen molar-refractivity contribution in [1.29, 1.82) is 0 Å². The summed E-state index contributed by atoms with van der Waals surface area (Å²) < 4.78 is 49.7. The van der Waals surface area contributed by atoms with E-state index in [1.807, 2.05) is 19.1 Å². The molecule has 0 spiro atoms. The van der Waals surface area contributed by atoms with Crippen molar-refractivity contribution in [3.8, 4) is 0 Å². The van der Waals surface area contributed by atoms with Gasteiger partial charge in [-0.1, -0.05) is 61.8 Å². The van der Waals surface area contributed by atoms with Gasteiger partial charge in [-0.3, -0.25) is 0 Å². The second-order valence-electron chi connectivity index (χ2n) is 13.2. The smallest absolute Gasteiger partial charge is 0.178 e. The Morgan fingerprint density at radius 3 is 2.35 bits per heavy atom. The van der Waals surface area contributed by atoms with Crippen LogP contribution in [0, 0.1) is 41.4 Å². The minimum Gasteiger partial charge on any atom is -0.359 e. The van der Waals surface area contributed by atoms with Crippen molar-refractivity contribution in [3.63, 3.8) is 0 Å². The molecule has 0 radical (unpaired) electrons. The highest BCUT2D eigenvalue weighted by Gasteiger charge is 2.59. The minimum absolute atomic E-state index is 0.00291. The lowest BCUT2D eigenvalue weighted by Gasteiger charge is -2.57. The first-order valence-corrected chi connectivity index (χ1v) is 16.6. The maximum atomic E-state index is 13.4. The third kappa shape index (κ3) is 5.26. The second kappa shape index (κ2) is 11.6. The Labute approximate surface area is 241 Å². The Morgan fingerprint density at radius 2 is 1.65 bits per heavy atom. The zero-order chi connectivity index (χ0) is 28.7. The van der Waals surface area contributed by atoms with Crippen molar-refractivity contribution < 1.29 is 27.4 Å². The summed E-state index contributed by atoms with van der Waals surface area (Å²) >= 11 is 0. The monoisotopic (exact) mass is 572 g/mol. The molecule has 1 aromatic rings. The first kappa shape index (κ1) is 30.0. The predicted molar refractivity (Wildman–Crippen MR) is 156 cm³/mol. The number of sulfone groups is 1. The Hall–Kier alpha value is -1.51. The van der Waals surface area contributed by atoms with Crippen LogP contribution < -0.4 is 0 Å². The number of fused-ring (bicyclic) bond motifs is 5. The van der Waals surface area contributed by atoms with Gasteiger partial charge in [-0.2, -0.15) is 0 Å². The lowest BCUT2D eigenvalue weighted by atomic mass is 9.49. The van der Waals surface area contributed by atoms with Gasteiger partial charge < -0.3 is 18.9 Å². The summed E-state index contributed by atoms with van der Waals surface area (Å²) in [7, 11) is 0.00991. The van der Waals surface area contributed by atoms with Crippen molar-refractivity contribution in [2.45, 2.75) is 83.3 Å². The summed E-state index contributed by atoms with van der Waals surface area (Å²) in [5, 5.41) is 0. The van der Waals surface area contributed by atoms with E-state index in [0.29, 0.717) is 22.6 Å². The van der Waals surface area contributed by atoms with Gasteiger partial charge in [-0.25, -0.2) is 8.42 Å². The van der Waals surface area contributed by atoms with E-state index in [-0.39, 0.29) is 48.3 Å². The molecular weight excluding hydrogens is 524 g/mol. The molecule has 0 aromatic heterocycles. The van der Waals surface area contributed by atoms with Crippen LogP contribution in [0.2, 0.25) is 0 Å². The van der Waals surface area contributed by atoms with Gasteiger partial charge in [-0.15, -0.1) is 0 Å². The topological polar surface area (TPSA) is 71.1 Å². The van der Waals surface area contributed by atoms with Gasteiger partial charge in [-0.05, 0) is 80.2 Å². The fourth-order valence-corrected chi connectivity index (χ4v) is 10.6. The van der Waals surface area contributed by atoms with Gasteiger partial charge in [0.2, 0.25) is 0 Å². The van der Waals surface area contributed by atoms with Crippen LogP contribution in [-0.2, 0) is 28.8 Å². The predicted octanol–water partition coefficient (Wildman–Crippen LogP) is 6.49. The summed E-state index contributed by atoms with van der Waals surface area (Å²) in [6, 6.07) is 7.31. The van der Waals surface area contributed by atoms with Crippen LogP contribution in [0.3, 0.4) is 0 Å². The third-order valence-electron chi connectivity index (χ3n) is 11.0. The molecule has 0 saturated heterocycles. The number of ether oxygens (including phenoxy) is 4. The zero-order valence-corrected chi connectivity index (χ0v) is 26.0. The molecule has 6 nitrogen and oxygen atoms in total. The second-order valence-corrected chi connectivity index (χ2v) is 15.3. The molecule has 4 aliphatic rings. The van der Waals surface area contributed by atoms with Crippen LogP contribution in [0.15, 0.2) is 52.5 Å². The molecule has 3 saturated carbocycles. The van der Waals surface area contributed by atoms with Crippen LogP contribution >= 0.6 is 0 Å². The zero-order valence-electron chi connectivity index (χ0n) is 25.1. The minimum atomic E-state index is -3.33. The van der Waals surface area contributed by atoms with E-state index < -0.39 is 9.84 Å². The van der Waals surface area contributed by atoms with Crippen molar-refractivity contribution in [1.82, 2.24) is 0 Å². The van der Waals surface area contributed by atoms with E-state index in [2.05, 4.69) is 32.9 Å². The number of rotatable bonds is 10. The molecule has 40 heavy (non-hydrogen) atoms. The molecule has 7 heteroatoms. The molecule has 222 valence electrons. The molecule has 0 aliphatic heterocycles. The standard InChI is InChI=1S/C33H48O6S/c1-22-7-10-26(11-8-22)40(34,35)19-23(2)28-13-14-29-27-12-9-24-17-25(38-20-36-5)18-31(39-21-37-6)33(24,4)30(27)15-16-32(28,29)3/h7-12,23,25,28-31H,13-21H2,1-6H3/t23?,25-,28-,29+,30+,31+,32-,33+/m1/s1.